The Balaban J connectivity index is 1.52. The molecule has 3 aromatic carbocycles. The normalized spacial score (nSPS) is 15.3. The van der Waals surface area contributed by atoms with Crippen LogP contribution >= 0.6 is 11.6 Å². The van der Waals surface area contributed by atoms with Crippen molar-refractivity contribution in [3.63, 3.8) is 0 Å². The molecule has 0 fully saturated rings. The summed E-state index contributed by atoms with van der Waals surface area (Å²) in [5.74, 6) is -0.410. The van der Waals surface area contributed by atoms with Crippen LogP contribution in [-0.4, -0.2) is 27.8 Å². The lowest BCUT2D eigenvalue weighted by atomic mass is 9.97. The van der Waals surface area contributed by atoms with Crippen LogP contribution < -0.4 is 5.32 Å². The number of carbonyl (C=O) groups excluding carboxylic acids is 2. The van der Waals surface area contributed by atoms with Crippen LogP contribution in [-0.2, 0) is 11.8 Å². The van der Waals surface area contributed by atoms with Crippen molar-refractivity contribution in [2.75, 3.05) is 11.9 Å². The molecule has 1 atom stereocenters. The fourth-order valence-electron chi connectivity index (χ4n) is 4.49. The first-order chi connectivity index (χ1) is 15.4. The maximum atomic E-state index is 13.3. The van der Waals surface area contributed by atoms with E-state index < -0.39 is 0 Å². The molecule has 1 aliphatic heterocycles. The molecule has 2 heterocycles. The van der Waals surface area contributed by atoms with Crippen LogP contribution in [0.4, 0.5) is 5.69 Å². The van der Waals surface area contributed by atoms with Crippen molar-refractivity contribution in [2.24, 2.45) is 7.05 Å². The molecule has 1 aliphatic rings. The molecule has 0 spiro atoms. The van der Waals surface area contributed by atoms with Gasteiger partial charge in [-0.3, -0.25) is 9.59 Å². The molecule has 5 rings (SSSR count). The van der Waals surface area contributed by atoms with Gasteiger partial charge in [0.05, 0.1) is 6.04 Å². The second-order valence-corrected chi connectivity index (χ2v) is 8.55. The molecule has 32 heavy (non-hydrogen) atoms. The monoisotopic (exact) mass is 443 g/mol. The molecule has 2 amide bonds. The van der Waals surface area contributed by atoms with E-state index in [1.807, 2.05) is 62.5 Å². The number of carbonyl (C=O) groups is 2. The van der Waals surface area contributed by atoms with E-state index in [0.29, 0.717) is 16.3 Å². The molecule has 6 heteroatoms. The van der Waals surface area contributed by atoms with Gasteiger partial charge in [-0.2, -0.15) is 0 Å². The van der Waals surface area contributed by atoms with Gasteiger partial charge in [-0.25, -0.2) is 0 Å². The van der Waals surface area contributed by atoms with Gasteiger partial charge in [-0.15, -0.1) is 0 Å². The number of aromatic nitrogens is 1. The topological polar surface area (TPSA) is 54.3 Å². The molecule has 0 radical (unpaired) electrons. The van der Waals surface area contributed by atoms with E-state index >= 15 is 0 Å². The van der Waals surface area contributed by atoms with Crippen molar-refractivity contribution in [2.45, 2.75) is 13.0 Å². The third kappa shape index (κ3) is 3.35. The minimum absolute atomic E-state index is 0.0626. The summed E-state index contributed by atoms with van der Waals surface area (Å²) in [4.78, 5) is 27.9. The van der Waals surface area contributed by atoms with Crippen molar-refractivity contribution >= 4 is 40.0 Å². The minimum Gasteiger partial charge on any atom is -0.350 e. The van der Waals surface area contributed by atoms with E-state index in [9.17, 15) is 9.59 Å². The zero-order chi connectivity index (χ0) is 22.4. The predicted molar refractivity (Wildman–Crippen MR) is 127 cm³/mol. The summed E-state index contributed by atoms with van der Waals surface area (Å²) < 4.78 is 2.06. The molecule has 0 saturated carbocycles. The maximum absolute atomic E-state index is 13.3. The van der Waals surface area contributed by atoms with Crippen molar-refractivity contribution in [3.8, 4) is 0 Å². The number of aryl methyl sites for hydroxylation is 2. The lowest BCUT2D eigenvalue weighted by Gasteiger charge is -2.25. The standard InChI is InChI=1S/C26H22ClN3O2/c1-16-11-12-17(13-22(16)27)28-24(31)15-30-25(19-8-3-4-9-20(19)26(30)32)21-14-29(2)23-10-6-5-7-18(21)23/h3-14,25H,15H2,1-2H3,(H,28,31)/t25-/m0/s1. The summed E-state index contributed by atoms with van der Waals surface area (Å²) in [5.41, 5.74) is 5.18. The van der Waals surface area contributed by atoms with Crippen LogP contribution in [0, 0.1) is 6.92 Å². The van der Waals surface area contributed by atoms with Gasteiger partial charge in [0.15, 0.2) is 0 Å². The van der Waals surface area contributed by atoms with Crippen LogP contribution in [0.2, 0.25) is 5.02 Å². The van der Waals surface area contributed by atoms with Crippen molar-refractivity contribution in [1.29, 1.82) is 0 Å². The molecule has 0 saturated heterocycles. The number of hydrogen-bond donors (Lipinski definition) is 1. The molecule has 0 aliphatic carbocycles. The van der Waals surface area contributed by atoms with Gasteiger partial charge in [-0.1, -0.05) is 54.1 Å². The molecule has 160 valence electrons. The lowest BCUT2D eigenvalue weighted by Crippen LogP contribution is -2.36. The number of anilines is 1. The highest BCUT2D eigenvalue weighted by molar-refractivity contribution is 6.31. The fourth-order valence-corrected chi connectivity index (χ4v) is 4.67. The summed E-state index contributed by atoms with van der Waals surface area (Å²) in [7, 11) is 1.99. The summed E-state index contributed by atoms with van der Waals surface area (Å²) in [6.45, 7) is 1.84. The fraction of sp³-hybridized carbons (Fsp3) is 0.154. The third-order valence-electron chi connectivity index (χ3n) is 6.05. The van der Waals surface area contributed by atoms with Gasteiger partial charge in [0, 0.05) is 46.0 Å². The Labute approximate surface area is 191 Å². The van der Waals surface area contributed by atoms with E-state index in [-0.39, 0.29) is 24.4 Å². The third-order valence-corrected chi connectivity index (χ3v) is 6.46. The van der Waals surface area contributed by atoms with Gasteiger partial charge in [0.1, 0.15) is 6.54 Å². The number of para-hydroxylation sites is 1. The number of nitrogens with one attached hydrogen (secondary N) is 1. The number of hydrogen-bond acceptors (Lipinski definition) is 2. The average Bonchev–Trinajstić information content (AvgIpc) is 3.25. The zero-order valence-electron chi connectivity index (χ0n) is 17.8. The smallest absolute Gasteiger partial charge is 0.255 e. The molecule has 1 aromatic heterocycles. The second-order valence-electron chi connectivity index (χ2n) is 8.15. The molecular weight excluding hydrogens is 422 g/mol. The van der Waals surface area contributed by atoms with Crippen molar-refractivity contribution < 1.29 is 9.59 Å². The first-order valence-electron chi connectivity index (χ1n) is 10.4. The van der Waals surface area contributed by atoms with Gasteiger partial charge >= 0.3 is 0 Å². The minimum atomic E-state index is -0.336. The van der Waals surface area contributed by atoms with E-state index in [4.69, 9.17) is 11.6 Å². The average molecular weight is 444 g/mol. The van der Waals surface area contributed by atoms with Crippen molar-refractivity contribution in [1.82, 2.24) is 9.47 Å². The maximum Gasteiger partial charge on any atom is 0.255 e. The SMILES string of the molecule is Cc1ccc(NC(=O)CN2C(=O)c3ccccc3[C@H]2c2cn(C)c3ccccc23)cc1Cl. The first-order valence-corrected chi connectivity index (χ1v) is 10.8. The number of benzene rings is 3. The first kappa shape index (κ1) is 20.3. The highest BCUT2D eigenvalue weighted by Gasteiger charge is 2.39. The number of amides is 2. The second kappa shape index (κ2) is 7.84. The number of nitrogens with zero attached hydrogens (tertiary/aromatic N) is 2. The van der Waals surface area contributed by atoms with E-state index in [0.717, 1.165) is 27.6 Å². The van der Waals surface area contributed by atoms with E-state index in [1.54, 1.807) is 11.0 Å². The molecule has 0 bridgehead atoms. The van der Waals surface area contributed by atoms with Crippen molar-refractivity contribution in [3.05, 3.63) is 100 Å². The summed E-state index contributed by atoms with van der Waals surface area (Å²) >= 11 is 6.19. The van der Waals surface area contributed by atoms with Gasteiger partial charge < -0.3 is 14.8 Å². The predicted octanol–water partition coefficient (Wildman–Crippen LogP) is 5.32. The summed E-state index contributed by atoms with van der Waals surface area (Å²) in [5, 5.41) is 4.53. The zero-order valence-corrected chi connectivity index (χ0v) is 18.6. The summed E-state index contributed by atoms with van der Waals surface area (Å²) in [6.07, 6.45) is 2.05. The van der Waals surface area contributed by atoms with Crippen LogP contribution in [0.5, 0.6) is 0 Å². The highest BCUT2D eigenvalue weighted by atomic mass is 35.5. The quantitative estimate of drug-likeness (QED) is 0.464. The van der Waals surface area contributed by atoms with Gasteiger partial charge in [0.2, 0.25) is 5.91 Å². The molecule has 4 aromatic rings. The van der Waals surface area contributed by atoms with Crippen LogP contribution in [0.25, 0.3) is 10.9 Å². The Morgan fingerprint density at radius 2 is 1.78 bits per heavy atom. The Kier molecular flexibility index (Phi) is 4.98. The van der Waals surface area contributed by atoms with Crippen LogP contribution in [0.15, 0.2) is 72.9 Å². The molecular formula is C26H22ClN3O2. The summed E-state index contributed by atoms with van der Waals surface area (Å²) in [6, 6.07) is 20.7. The Morgan fingerprint density at radius 1 is 1.03 bits per heavy atom. The molecule has 1 N–H and O–H groups in total. The molecule has 5 nitrogen and oxygen atoms in total. The number of rotatable bonds is 4. The van der Waals surface area contributed by atoms with Crippen LogP contribution in [0.3, 0.4) is 0 Å². The van der Waals surface area contributed by atoms with E-state index in [1.165, 1.54) is 0 Å². The Bertz CT molecular complexity index is 1370. The van der Waals surface area contributed by atoms with Gasteiger partial charge in [-0.05, 0) is 42.3 Å². The highest BCUT2D eigenvalue weighted by Crippen LogP contribution is 2.41. The largest absolute Gasteiger partial charge is 0.350 e. The Hall–Kier alpha value is -3.57. The lowest BCUT2D eigenvalue weighted by molar-refractivity contribution is -0.117. The number of fused-ring (bicyclic) bond motifs is 2. The van der Waals surface area contributed by atoms with E-state index in [2.05, 4.69) is 28.2 Å². The number of halogens is 1. The molecule has 0 unspecified atom stereocenters. The van der Waals surface area contributed by atoms with Crippen LogP contribution in [0.1, 0.15) is 33.1 Å². The Morgan fingerprint density at radius 3 is 2.59 bits per heavy atom. The van der Waals surface area contributed by atoms with Gasteiger partial charge in [0.25, 0.3) is 5.91 Å².